The average Bonchev–Trinajstić information content (AvgIpc) is 2.88. The number of carbonyl (C=O) groups excluding carboxylic acids is 3. The van der Waals surface area contributed by atoms with Crippen LogP contribution in [0.3, 0.4) is 0 Å². The lowest BCUT2D eigenvalue weighted by atomic mass is 10.1. The first-order valence-electron chi connectivity index (χ1n) is 7.11. The van der Waals surface area contributed by atoms with Crippen molar-refractivity contribution in [3.05, 3.63) is 32.7 Å². The van der Waals surface area contributed by atoms with E-state index in [1.807, 2.05) is 0 Å². The van der Waals surface area contributed by atoms with E-state index in [1.165, 1.54) is 14.0 Å². The van der Waals surface area contributed by atoms with Gasteiger partial charge in [0.1, 0.15) is 6.04 Å². The number of amides is 2. The second-order valence-electron chi connectivity index (χ2n) is 5.09. The number of benzene rings is 1. The second-order valence-corrected chi connectivity index (χ2v) is 6.09. The third-order valence-corrected chi connectivity index (χ3v) is 4.44. The molecule has 1 N–H and O–H groups in total. The molecule has 0 bridgehead atoms. The number of esters is 1. The van der Waals surface area contributed by atoms with E-state index in [1.54, 1.807) is 0 Å². The molecule has 1 atom stereocenters. The minimum Gasteiger partial charge on any atom is -0.504 e. The Morgan fingerprint density at radius 3 is 2.58 bits per heavy atom. The number of ether oxygens (including phenoxy) is 2. The van der Waals surface area contributed by atoms with Crippen LogP contribution < -0.4 is 4.74 Å². The normalized spacial score (nSPS) is 16.7. The Hall–Kier alpha value is -3.08. The molecule has 1 saturated heterocycles. The molecule has 1 aromatic carbocycles. The summed E-state index contributed by atoms with van der Waals surface area (Å²) in [5, 5.41) is 20.4. The van der Waals surface area contributed by atoms with Crippen molar-refractivity contribution >= 4 is 40.6 Å². The van der Waals surface area contributed by atoms with E-state index in [0.29, 0.717) is 16.7 Å². The SMILES string of the molecule is COC(=O)C(C)N1C(=O)SC(=Cc2cc([N+](=O)[O-])cc(OC)c2O)C1=O. The van der Waals surface area contributed by atoms with Gasteiger partial charge in [-0.1, -0.05) is 0 Å². The standard InChI is InChI=1S/C15H14N2O8S/c1-7(14(20)25-3)16-13(19)11(26-15(16)21)5-8-4-9(17(22)23)6-10(24-2)12(8)18/h4-7,18H,1-3H3. The first kappa shape index (κ1) is 19.2. The van der Waals surface area contributed by atoms with Crippen LogP contribution in [0.2, 0.25) is 0 Å². The Kier molecular flexibility index (Phi) is 5.50. The van der Waals surface area contributed by atoms with Crippen LogP contribution in [0, 0.1) is 10.1 Å². The van der Waals surface area contributed by atoms with Crippen LogP contribution in [0.25, 0.3) is 6.08 Å². The number of nitro benzene ring substituents is 1. The molecule has 0 spiro atoms. The summed E-state index contributed by atoms with van der Waals surface area (Å²) in [7, 11) is 2.34. The smallest absolute Gasteiger partial charge is 0.328 e. The fraction of sp³-hybridized carbons (Fsp3) is 0.267. The van der Waals surface area contributed by atoms with Gasteiger partial charge in [0.05, 0.1) is 30.1 Å². The van der Waals surface area contributed by atoms with Gasteiger partial charge in [-0.05, 0) is 24.8 Å². The number of non-ortho nitro benzene ring substituents is 1. The van der Waals surface area contributed by atoms with Gasteiger partial charge < -0.3 is 14.6 Å². The van der Waals surface area contributed by atoms with Crippen LogP contribution in [-0.2, 0) is 14.3 Å². The highest BCUT2D eigenvalue weighted by atomic mass is 32.2. The van der Waals surface area contributed by atoms with Gasteiger partial charge in [-0.25, -0.2) is 4.79 Å². The number of methoxy groups -OCH3 is 2. The topological polar surface area (TPSA) is 136 Å². The van der Waals surface area contributed by atoms with Crippen molar-refractivity contribution in [2.24, 2.45) is 0 Å². The number of hydrogen-bond acceptors (Lipinski definition) is 9. The molecule has 0 aromatic heterocycles. The van der Waals surface area contributed by atoms with Crippen molar-refractivity contribution in [3.8, 4) is 11.5 Å². The fourth-order valence-electron chi connectivity index (χ4n) is 2.22. The van der Waals surface area contributed by atoms with E-state index in [2.05, 4.69) is 4.74 Å². The molecule has 2 amide bonds. The molecular formula is C15H14N2O8S. The number of nitro groups is 1. The quantitative estimate of drug-likeness (QED) is 0.350. The molecule has 10 nitrogen and oxygen atoms in total. The number of nitrogens with zero attached hydrogens (tertiary/aromatic N) is 2. The van der Waals surface area contributed by atoms with E-state index in [9.17, 15) is 29.6 Å². The predicted octanol–water partition coefficient (Wildman–Crippen LogP) is 1.91. The highest BCUT2D eigenvalue weighted by molar-refractivity contribution is 8.18. The molecule has 1 aliphatic heterocycles. The molecule has 1 aromatic rings. The molecule has 1 unspecified atom stereocenters. The maximum absolute atomic E-state index is 12.4. The van der Waals surface area contributed by atoms with Crippen molar-refractivity contribution < 1.29 is 33.9 Å². The van der Waals surface area contributed by atoms with E-state index in [0.717, 1.165) is 25.3 Å². The molecule has 0 radical (unpaired) electrons. The second kappa shape index (κ2) is 7.44. The lowest BCUT2D eigenvalue weighted by molar-refractivity contribution is -0.385. The highest BCUT2D eigenvalue weighted by Crippen LogP contribution is 2.39. The summed E-state index contributed by atoms with van der Waals surface area (Å²) in [6.07, 6.45) is 1.12. The van der Waals surface area contributed by atoms with Gasteiger partial charge in [0.2, 0.25) is 0 Å². The molecule has 1 fully saturated rings. The third kappa shape index (κ3) is 3.47. The zero-order chi connectivity index (χ0) is 19.6. The molecular weight excluding hydrogens is 368 g/mol. The summed E-state index contributed by atoms with van der Waals surface area (Å²) in [6.45, 7) is 1.33. The van der Waals surface area contributed by atoms with Crippen LogP contribution in [0.4, 0.5) is 10.5 Å². The number of carbonyl (C=O) groups is 3. The Morgan fingerprint density at radius 1 is 1.38 bits per heavy atom. The molecule has 1 heterocycles. The van der Waals surface area contributed by atoms with Crippen molar-refractivity contribution in [2.45, 2.75) is 13.0 Å². The maximum atomic E-state index is 12.4. The zero-order valence-electron chi connectivity index (χ0n) is 13.9. The summed E-state index contributed by atoms with van der Waals surface area (Å²) in [5.41, 5.74) is -0.444. The Bertz CT molecular complexity index is 835. The zero-order valence-corrected chi connectivity index (χ0v) is 14.7. The Balaban J connectivity index is 2.46. The number of hydrogen-bond donors (Lipinski definition) is 1. The molecule has 0 saturated carbocycles. The highest BCUT2D eigenvalue weighted by Gasteiger charge is 2.41. The van der Waals surface area contributed by atoms with Gasteiger partial charge in [0.15, 0.2) is 11.5 Å². The van der Waals surface area contributed by atoms with Gasteiger partial charge in [-0.3, -0.25) is 24.6 Å². The molecule has 1 aliphatic rings. The number of phenolic OH excluding ortho intramolecular Hbond substituents is 1. The number of thioether (sulfide) groups is 1. The third-order valence-electron chi connectivity index (χ3n) is 3.56. The lowest BCUT2D eigenvalue weighted by Crippen LogP contribution is -2.42. The number of phenols is 1. The number of rotatable bonds is 5. The van der Waals surface area contributed by atoms with E-state index in [4.69, 9.17) is 4.74 Å². The Labute approximate surface area is 151 Å². The van der Waals surface area contributed by atoms with Crippen LogP contribution >= 0.6 is 11.8 Å². The minimum absolute atomic E-state index is 0.0766. The summed E-state index contributed by atoms with van der Waals surface area (Å²) < 4.78 is 9.40. The molecule has 138 valence electrons. The van der Waals surface area contributed by atoms with Crippen LogP contribution in [0.5, 0.6) is 11.5 Å². The van der Waals surface area contributed by atoms with Gasteiger partial charge in [-0.15, -0.1) is 0 Å². The molecule has 11 heteroatoms. The summed E-state index contributed by atoms with van der Waals surface area (Å²) >= 11 is 0.538. The van der Waals surface area contributed by atoms with Crippen molar-refractivity contribution in [1.82, 2.24) is 4.90 Å². The number of aromatic hydroxyl groups is 1. The largest absolute Gasteiger partial charge is 0.504 e. The summed E-state index contributed by atoms with van der Waals surface area (Å²) in [6, 6.07) is 0.930. The van der Waals surface area contributed by atoms with E-state index >= 15 is 0 Å². The summed E-state index contributed by atoms with van der Waals surface area (Å²) in [5.74, 6) is -2.13. The summed E-state index contributed by atoms with van der Waals surface area (Å²) in [4.78, 5) is 47.0. The van der Waals surface area contributed by atoms with Gasteiger partial charge in [0, 0.05) is 11.6 Å². The number of imide groups is 1. The van der Waals surface area contributed by atoms with E-state index < -0.39 is 33.8 Å². The predicted molar refractivity (Wildman–Crippen MR) is 90.6 cm³/mol. The first-order valence-corrected chi connectivity index (χ1v) is 7.93. The maximum Gasteiger partial charge on any atom is 0.328 e. The first-order chi connectivity index (χ1) is 12.2. The van der Waals surface area contributed by atoms with Crippen LogP contribution in [-0.4, -0.2) is 52.3 Å². The van der Waals surface area contributed by atoms with E-state index in [-0.39, 0.29) is 21.9 Å². The van der Waals surface area contributed by atoms with Crippen molar-refractivity contribution in [2.75, 3.05) is 14.2 Å². The van der Waals surface area contributed by atoms with Crippen LogP contribution in [0.1, 0.15) is 12.5 Å². The van der Waals surface area contributed by atoms with Gasteiger partial charge in [-0.2, -0.15) is 0 Å². The van der Waals surface area contributed by atoms with Gasteiger partial charge >= 0.3 is 5.97 Å². The van der Waals surface area contributed by atoms with Gasteiger partial charge in [0.25, 0.3) is 16.8 Å². The molecule has 26 heavy (non-hydrogen) atoms. The van der Waals surface area contributed by atoms with Crippen molar-refractivity contribution in [1.29, 1.82) is 0 Å². The molecule has 0 aliphatic carbocycles. The Morgan fingerprint density at radius 2 is 2.04 bits per heavy atom. The molecule has 2 rings (SSSR count). The fourth-order valence-corrected chi connectivity index (χ4v) is 3.12. The average molecular weight is 382 g/mol. The van der Waals surface area contributed by atoms with Crippen LogP contribution in [0.15, 0.2) is 17.0 Å². The van der Waals surface area contributed by atoms with Crippen molar-refractivity contribution in [3.63, 3.8) is 0 Å². The minimum atomic E-state index is -1.13. The lowest BCUT2D eigenvalue weighted by Gasteiger charge is -2.18. The monoisotopic (exact) mass is 382 g/mol.